The molecule has 0 heterocycles. The van der Waals surface area contributed by atoms with Crippen LogP contribution in [-0.4, -0.2) is 31.9 Å². The summed E-state index contributed by atoms with van der Waals surface area (Å²) in [5, 5.41) is 0. The summed E-state index contributed by atoms with van der Waals surface area (Å²) in [6.45, 7) is 4.71. The number of azide groups is 1. The number of ether oxygens (including phenoxy) is 2. The van der Waals surface area contributed by atoms with Crippen molar-refractivity contribution in [1.82, 2.24) is 0 Å². The molecular weight excluding hydrogens is 298 g/mol. The number of hydrogen-bond donors (Lipinski definition) is 0. The van der Waals surface area contributed by atoms with Gasteiger partial charge in [-0.2, -0.15) is 0 Å². The van der Waals surface area contributed by atoms with Crippen LogP contribution in [0.5, 0.6) is 0 Å². The fraction of sp³-hybridized carbons (Fsp3) is 0.455. The van der Waals surface area contributed by atoms with Crippen LogP contribution >= 0.6 is 0 Å². The predicted octanol–water partition coefficient (Wildman–Crippen LogP) is 1.23. The molecule has 0 fully saturated rings. The normalized spacial score (nSPS) is 12.1. The summed E-state index contributed by atoms with van der Waals surface area (Å²) in [6, 6.07) is 5.98. The fourth-order valence-electron chi connectivity index (χ4n) is 1.78. The van der Waals surface area contributed by atoms with Gasteiger partial charge in [-0.15, -0.1) is 0 Å². The Kier molecular flexibility index (Phi) is 5.72. The summed E-state index contributed by atoms with van der Waals surface area (Å²) in [5.41, 5.74) is 8.17. The second kappa shape index (κ2) is 6.87. The van der Waals surface area contributed by atoms with E-state index in [-0.39, 0.29) is 4.90 Å². The molecule has 0 aliphatic heterocycles. The molecule has 0 spiro atoms. The average Bonchev–Trinajstić information content (AvgIpc) is 2.39. The summed E-state index contributed by atoms with van der Waals surface area (Å²) in [5.74, 6) is 0. The zero-order chi connectivity index (χ0) is 15.2. The Labute approximate surface area is 121 Å². The molecule has 20 heavy (non-hydrogen) atoms. The first-order chi connectivity index (χ1) is 9.39. The number of sulfonamides is 1. The lowest BCUT2D eigenvalue weighted by Gasteiger charge is -2.30. The molecule has 1 aromatic rings. The molecule has 0 N–H and O–H groups in total. The second-order valence-corrected chi connectivity index (χ2v) is 6.88. The maximum absolute atomic E-state index is 11.6. The Morgan fingerprint density at radius 3 is 2.15 bits per heavy atom. The molecule has 0 saturated heterocycles. The van der Waals surface area contributed by atoms with E-state index >= 15 is 0 Å². The maximum atomic E-state index is 11.6. The SMILES string of the molecule is CCOC([SiH3])(OCC)c1ccc(S(=O)(=O)N=[N+]=[N-])cc1. The predicted molar refractivity (Wildman–Crippen MR) is 77.6 cm³/mol. The van der Waals surface area contributed by atoms with E-state index in [2.05, 4.69) is 9.43 Å². The highest BCUT2D eigenvalue weighted by molar-refractivity contribution is 7.90. The first kappa shape index (κ1) is 16.7. The lowest BCUT2D eigenvalue weighted by atomic mass is 10.2. The fourth-order valence-corrected chi connectivity index (χ4v) is 3.37. The van der Waals surface area contributed by atoms with Gasteiger partial charge in [0.15, 0.2) is 5.41 Å². The molecule has 0 atom stereocenters. The van der Waals surface area contributed by atoms with Crippen molar-refractivity contribution in [1.29, 1.82) is 0 Å². The molecule has 0 unspecified atom stereocenters. The maximum Gasteiger partial charge on any atom is 0.264 e. The molecule has 0 saturated carbocycles. The molecule has 9 heteroatoms. The number of benzene rings is 1. The van der Waals surface area contributed by atoms with Crippen molar-refractivity contribution < 1.29 is 17.9 Å². The van der Waals surface area contributed by atoms with Crippen LogP contribution in [-0.2, 0) is 24.9 Å². The molecule has 0 radical (unpaired) electrons. The van der Waals surface area contributed by atoms with Gasteiger partial charge in [-0.3, -0.25) is 0 Å². The molecule has 1 rings (SSSR count). The molecule has 0 amide bonds. The lowest BCUT2D eigenvalue weighted by molar-refractivity contribution is -0.180. The van der Waals surface area contributed by atoms with Crippen LogP contribution in [0.15, 0.2) is 33.7 Å². The van der Waals surface area contributed by atoms with E-state index in [9.17, 15) is 8.42 Å². The third-order valence-corrected chi connectivity index (χ3v) is 4.97. The Bertz CT molecular complexity index is 591. The topological polar surface area (TPSA) is 101 Å². The van der Waals surface area contributed by atoms with E-state index in [1.54, 1.807) is 12.1 Å². The first-order valence-electron chi connectivity index (χ1n) is 6.09. The Morgan fingerprint density at radius 1 is 1.25 bits per heavy atom. The molecule has 0 aromatic heterocycles. The number of hydrogen-bond acceptors (Lipinski definition) is 4. The molecule has 110 valence electrons. The Balaban J connectivity index is 3.15. The van der Waals surface area contributed by atoms with Gasteiger partial charge >= 0.3 is 0 Å². The van der Waals surface area contributed by atoms with Crippen molar-refractivity contribution in [2.45, 2.75) is 24.2 Å². The molecule has 1 aromatic carbocycles. The van der Waals surface area contributed by atoms with Gasteiger partial charge in [-0.25, -0.2) is 8.42 Å². The van der Waals surface area contributed by atoms with E-state index in [4.69, 9.17) is 15.0 Å². The van der Waals surface area contributed by atoms with Gasteiger partial charge in [0.05, 0.1) is 15.1 Å². The van der Waals surface area contributed by atoms with Crippen LogP contribution in [0.3, 0.4) is 0 Å². The third-order valence-electron chi connectivity index (χ3n) is 2.66. The molecular formula is C11H17N3O4SSi. The van der Waals surface area contributed by atoms with Gasteiger partial charge in [-0.1, -0.05) is 12.1 Å². The van der Waals surface area contributed by atoms with Crippen molar-refractivity contribution in [3.8, 4) is 0 Å². The van der Waals surface area contributed by atoms with Crippen LogP contribution in [0.1, 0.15) is 19.4 Å². The minimum Gasteiger partial charge on any atom is -0.351 e. The highest BCUT2D eigenvalue weighted by Crippen LogP contribution is 2.25. The van der Waals surface area contributed by atoms with Gasteiger partial charge in [0.1, 0.15) is 0 Å². The van der Waals surface area contributed by atoms with Crippen molar-refractivity contribution >= 4 is 20.3 Å². The zero-order valence-electron chi connectivity index (χ0n) is 11.6. The van der Waals surface area contributed by atoms with E-state index in [0.29, 0.717) is 23.5 Å². The Morgan fingerprint density at radius 2 is 1.75 bits per heavy atom. The van der Waals surface area contributed by atoms with E-state index in [1.807, 2.05) is 13.8 Å². The summed E-state index contributed by atoms with van der Waals surface area (Å²) >= 11 is 0. The molecule has 7 nitrogen and oxygen atoms in total. The van der Waals surface area contributed by atoms with Crippen molar-refractivity contribution in [2.75, 3.05) is 13.2 Å². The van der Waals surface area contributed by atoms with Gasteiger partial charge in [0.2, 0.25) is 0 Å². The van der Waals surface area contributed by atoms with Crippen LogP contribution in [0.2, 0.25) is 0 Å². The molecule has 0 aliphatic rings. The highest BCUT2D eigenvalue weighted by Gasteiger charge is 2.27. The van der Waals surface area contributed by atoms with Crippen molar-refractivity contribution in [3.05, 3.63) is 40.3 Å². The monoisotopic (exact) mass is 315 g/mol. The van der Waals surface area contributed by atoms with Gasteiger partial charge in [0, 0.05) is 28.2 Å². The number of nitrogens with zero attached hydrogens (tertiary/aromatic N) is 3. The van der Waals surface area contributed by atoms with Crippen LogP contribution < -0.4 is 0 Å². The minimum atomic E-state index is -3.96. The summed E-state index contributed by atoms with van der Waals surface area (Å²) < 4.78 is 37.2. The Hall–Kier alpha value is -1.38. The average molecular weight is 315 g/mol. The summed E-state index contributed by atoms with van der Waals surface area (Å²) in [7, 11) is -3.37. The van der Waals surface area contributed by atoms with E-state index in [0.717, 1.165) is 5.56 Å². The minimum absolute atomic E-state index is 0.0592. The summed E-state index contributed by atoms with van der Waals surface area (Å²) in [6.07, 6.45) is 0. The van der Waals surface area contributed by atoms with Crippen LogP contribution in [0.25, 0.3) is 10.4 Å². The van der Waals surface area contributed by atoms with Crippen LogP contribution in [0.4, 0.5) is 0 Å². The van der Waals surface area contributed by atoms with Gasteiger partial charge in [-0.05, 0) is 31.5 Å². The lowest BCUT2D eigenvalue weighted by Crippen LogP contribution is -2.33. The van der Waals surface area contributed by atoms with Gasteiger partial charge in [0.25, 0.3) is 10.0 Å². The van der Waals surface area contributed by atoms with E-state index in [1.165, 1.54) is 12.1 Å². The first-order valence-corrected chi connectivity index (χ1v) is 8.53. The third kappa shape index (κ3) is 3.81. The smallest absolute Gasteiger partial charge is 0.264 e. The standard InChI is InChI=1S/C11H17N3O4SSi/c1-3-17-11(20,18-4-2)9-5-7-10(8-6-9)19(15,16)14-13-12/h5-8H,3-4H2,1-2,20H3. The van der Waals surface area contributed by atoms with Crippen molar-refractivity contribution in [3.63, 3.8) is 0 Å². The quantitative estimate of drug-likeness (QED) is 0.248. The highest BCUT2D eigenvalue weighted by atomic mass is 32.2. The number of rotatable bonds is 7. The zero-order valence-corrected chi connectivity index (χ0v) is 14.4. The molecule has 0 aliphatic carbocycles. The largest absolute Gasteiger partial charge is 0.351 e. The van der Waals surface area contributed by atoms with Crippen LogP contribution in [0, 0.1) is 0 Å². The van der Waals surface area contributed by atoms with E-state index < -0.39 is 15.4 Å². The second-order valence-electron chi connectivity index (χ2n) is 3.98. The molecule has 0 bridgehead atoms. The van der Waals surface area contributed by atoms with Gasteiger partial charge < -0.3 is 9.47 Å². The van der Waals surface area contributed by atoms with Crippen molar-refractivity contribution in [2.24, 2.45) is 4.52 Å². The summed E-state index contributed by atoms with van der Waals surface area (Å²) in [4.78, 5) is 2.25.